The topological polar surface area (TPSA) is 99.3 Å². The molecule has 0 saturated carbocycles. The van der Waals surface area contributed by atoms with Gasteiger partial charge >= 0.3 is 0 Å². The Morgan fingerprint density at radius 1 is 1.12 bits per heavy atom. The van der Waals surface area contributed by atoms with Gasteiger partial charge in [0.15, 0.2) is 5.78 Å². The summed E-state index contributed by atoms with van der Waals surface area (Å²) >= 11 is 1.27. The number of likely N-dealkylation sites (tertiary alicyclic amines) is 1. The number of carbonyl (C=O) groups is 2. The molecule has 7 heteroatoms. The van der Waals surface area contributed by atoms with Gasteiger partial charge in [-0.15, -0.1) is 11.3 Å². The summed E-state index contributed by atoms with van der Waals surface area (Å²) in [4.78, 5) is 28.1. The fourth-order valence-electron chi connectivity index (χ4n) is 4.00. The van der Waals surface area contributed by atoms with Crippen molar-refractivity contribution in [2.75, 3.05) is 17.6 Å². The number of nitrogens with zero attached hydrogens (tertiary/aromatic N) is 1. The Balaban J connectivity index is 1.48. The van der Waals surface area contributed by atoms with Gasteiger partial charge in [0.05, 0.1) is 21.5 Å². The summed E-state index contributed by atoms with van der Waals surface area (Å²) in [7, 11) is 0. The van der Waals surface area contributed by atoms with Crippen molar-refractivity contribution in [1.29, 1.82) is 5.41 Å². The van der Waals surface area contributed by atoms with Crippen molar-refractivity contribution in [3.63, 3.8) is 0 Å². The molecule has 1 aliphatic rings. The monoisotopic (exact) mass is 446 g/mol. The van der Waals surface area contributed by atoms with E-state index in [9.17, 15) is 9.59 Å². The molecule has 1 aromatic heterocycles. The van der Waals surface area contributed by atoms with E-state index in [0.717, 1.165) is 25.9 Å². The number of benzene rings is 2. The van der Waals surface area contributed by atoms with E-state index in [4.69, 9.17) is 11.1 Å². The van der Waals surface area contributed by atoms with Crippen molar-refractivity contribution in [3.05, 3.63) is 81.5 Å². The molecule has 0 bridgehead atoms. The Morgan fingerprint density at radius 2 is 1.88 bits per heavy atom. The number of ketones is 1. The van der Waals surface area contributed by atoms with Crippen LogP contribution < -0.4 is 11.1 Å². The summed E-state index contributed by atoms with van der Waals surface area (Å²) < 4.78 is 0. The summed E-state index contributed by atoms with van der Waals surface area (Å²) in [6, 6.07) is 18.7. The van der Waals surface area contributed by atoms with Crippen LogP contribution in [0.3, 0.4) is 0 Å². The van der Waals surface area contributed by atoms with Crippen LogP contribution in [-0.4, -0.2) is 34.9 Å². The minimum absolute atomic E-state index is 0.0281. The number of thiophene rings is 1. The standard InChI is InChI=1S/C25H26N4O2S/c1-16(30)22-11-12-23(32-22)24(27)19-14-18(9-10-20(19)26)28-25(31)21-8-5-13-29(21)15-17-6-3-2-4-7-17/h2-4,6-7,9-12,14,21,27H,5,8,13,15,26H2,1H3,(H,28,31). The van der Waals surface area contributed by atoms with Gasteiger partial charge in [0.1, 0.15) is 0 Å². The van der Waals surface area contributed by atoms with Crippen molar-refractivity contribution in [1.82, 2.24) is 4.90 Å². The number of rotatable bonds is 7. The first-order chi connectivity index (χ1) is 15.4. The fourth-order valence-corrected chi connectivity index (χ4v) is 4.87. The van der Waals surface area contributed by atoms with Crippen molar-refractivity contribution in [2.45, 2.75) is 32.4 Å². The van der Waals surface area contributed by atoms with Crippen LogP contribution in [0.1, 0.15) is 45.4 Å². The third kappa shape index (κ3) is 4.79. The highest BCUT2D eigenvalue weighted by molar-refractivity contribution is 7.16. The van der Waals surface area contributed by atoms with Gasteiger partial charge in [-0.1, -0.05) is 30.3 Å². The van der Waals surface area contributed by atoms with Gasteiger partial charge < -0.3 is 11.1 Å². The fraction of sp³-hybridized carbons (Fsp3) is 0.240. The van der Waals surface area contributed by atoms with Gasteiger partial charge in [-0.2, -0.15) is 0 Å². The molecule has 0 spiro atoms. The van der Waals surface area contributed by atoms with E-state index in [1.807, 2.05) is 18.2 Å². The maximum atomic E-state index is 13.1. The van der Waals surface area contributed by atoms with Crippen molar-refractivity contribution >= 4 is 40.1 Å². The number of carbonyl (C=O) groups excluding carboxylic acids is 2. The number of amides is 1. The number of Topliss-reactive ketones (excluding diaryl/α,β-unsaturated/α-hetero) is 1. The largest absolute Gasteiger partial charge is 0.398 e. The molecule has 2 aromatic carbocycles. The van der Waals surface area contributed by atoms with E-state index in [0.29, 0.717) is 26.7 Å². The zero-order valence-corrected chi connectivity index (χ0v) is 18.7. The molecule has 3 aromatic rings. The van der Waals surface area contributed by atoms with Crippen molar-refractivity contribution in [3.8, 4) is 0 Å². The maximum Gasteiger partial charge on any atom is 0.241 e. The molecular weight excluding hydrogens is 420 g/mol. The van der Waals surface area contributed by atoms with Gasteiger partial charge in [0.2, 0.25) is 5.91 Å². The van der Waals surface area contributed by atoms with Crippen molar-refractivity contribution in [2.24, 2.45) is 0 Å². The zero-order chi connectivity index (χ0) is 22.7. The van der Waals surface area contributed by atoms with Crippen LogP contribution in [0.25, 0.3) is 0 Å². The van der Waals surface area contributed by atoms with Gasteiger partial charge in [-0.25, -0.2) is 0 Å². The van der Waals surface area contributed by atoms with E-state index in [1.54, 1.807) is 30.3 Å². The lowest BCUT2D eigenvalue weighted by Crippen LogP contribution is -2.39. The molecule has 2 heterocycles. The molecule has 1 amide bonds. The van der Waals surface area contributed by atoms with Crippen LogP contribution in [0.15, 0.2) is 60.7 Å². The molecule has 4 N–H and O–H groups in total. The van der Waals surface area contributed by atoms with Gasteiger partial charge in [0, 0.05) is 23.5 Å². The van der Waals surface area contributed by atoms with Crippen LogP contribution in [0.4, 0.5) is 11.4 Å². The number of nitrogens with one attached hydrogen (secondary N) is 2. The smallest absolute Gasteiger partial charge is 0.241 e. The van der Waals surface area contributed by atoms with Crippen LogP contribution in [0.5, 0.6) is 0 Å². The minimum atomic E-state index is -0.189. The predicted octanol–water partition coefficient (Wildman–Crippen LogP) is 4.55. The number of nitrogens with two attached hydrogens (primary N) is 1. The Bertz CT molecular complexity index is 1160. The molecule has 1 aliphatic heterocycles. The van der Waals surface area contributed by atoms with E-state index < -0.39 is 0 Å². The van der Waals surface area contributed by atoms with Crippen LogP contribution in [0.2, 0.25) is 0 Å². The first kappa shape index (κ1) is 21.9. The number of hydrogen-bond donors (Lipinski definition) is 3. The maximum absolute atomic E-state index is 13.1. The highest BCUT2D eigenvalue weighted by Gasteiger charge is 2.30. The SMILES string of the molecule is CC(=O)c1ccc(C(=N)c2cc(NC(=O)C3CCCN3Cc3ccccc3)ccc2N)s1. The van der Waals surface area contributed by atoms with E-state index in [1.165, 1.54) is 23.8 Å². The normalized spacial score (nSPS) is 16.1. The Hall–Kier alpha value is -3.29. The lowest BCUT2D eigenvalue weighted by molar-refractivity contribution is -0.120. The molecule has 0 radical (unpaired) electrons. The highest BCUT2D eigenvalue weighted by Crippen LogP contribution is 2.27. The number of anilines is 2. The molecule has 6 nitrogen and oxygen atoms in total. The molecule has 164 valence electrons. The third-order valence-electron chi connectivity index (χ3n) is 5.68. The average Bonchev–Trinajstić information content (AvgIpc) is 3.45. The second-order valence-electron chi connectivity index (χ2n) is 8.00. The predicted molar refractivity (Wildman–Crippen MR) is 130 cm³/mol. The minimum Gasteiger partial charge on any atom is -0.398 e. The summed E-state index contributed by atoms with van der Waals surface area (Å²) in [5, 5.41) is 11.6. The second-order valence-corrected chi connectivity index (χ2v) is 9.08. The summed E-state index contributed by atoms with van der Waals surface area (Å²) in [5.41, 5.74) is 9.16. The highest BCUT2D eigenvalue weighted by atomic mass is 32.1. The quantitative estimate of drug-likeness (QED) is 0.282. The van der Waals surface area contributed by atoms with Crippen LogP contribution >= 0.6 is 11.3 Å². The second kappa shape index (κ2) is 9.46. The third-order valence-corrected chi connectivity index (χ3v) is 6.89. The molecule has 1 fully saturated rings. The first-order valence-corrected chi connectivity index (χ1v) is 11.4. The Kier molecular flexibility index (Phi) is 6.48. The molecule has 1 saturated heterocycles. The lowest BCUT2D eigenvalue weighted by Gasteiger charge is -2.24. The molecule has 32 heavy (non-hydrogen) atoms. The van der Waals surface area contributed by atoms with Crippen LogP contribution in [-0.2, 0) is 11.3 Å². The van der Waals surface area contributed by atoms with E-state index in [2.05, 4.69) is 22.3 Å². The zero-order valence-electron chi connectivity index (χ0n) is 17.9. The first-order valence-electron chi connectivity index (χ1n) is 10.6. The lowest BCUT2D eigenvalue weighted by atomic mass is 10.1. The molecule has 1 unspecified atom stereocenters. The van der Waals surface area contributed by atoms with Crippen LogP contribution in [0, 0.1) is 5.41 Å². The summed E-state index contributed by atoms with van der Waals surface area (Å²) in [5.74, 6) is -0.0738. The summed E-state index contributed by atoms with van der Waals surface area (Å²) in [6.45, 7) is 3.14. The number of hydrogen-bond acceptors (Lipinski definition) is 6. The summed E-state index contributed by atoms with van der Waals surface area (Å²) in [6.07, 6.45) is 1.80. The van der Waals surface area contributed by atoms with Crippen molar-refractivity contribution < 1.29 is 9.59 Å². The van der Waals surface area contributed by atoms with E-state index in [-0.39, 0.29) is 23.4 Å². The molecule has 1 atom stereocenters. The van der Waals surface area contributed by atoms with Gasteiger partial charge in [-0.3, -0.25) is 19.9 Å². The average molecular weight is 447 g/mol. The number of nitrogen functional groups attached to an aromatic ring is 1. The molecular formula is C25H26N4O2S. The molecule has 0 aliphatic carbocycles. The Morgan fingerprint density at radius 3 is 2.59 bits per heavy atom. The van der Waals surface area contributed by atoms with Gasteiger partial charge in [-0.05, 0) is 62.2 Å². The van der Waals surface area contributed by atoms with Gasteiger partial charge in [0.25, 0.3) is 0 Å². The van der Waals surface area contributed by atoms with E-state index >= 15 is 0 Å². The molecule has 4 rings (SSSR count). The Labute approximate surface area is 191 Å².